The van der Waals surface area contributed by atoms with Crippen LogP contribution in [0.5, 0.6) is 5.75 Å². The summed E-state index contributed by atoms with van der Waals surface area (Å²) < 4.78 is 7.87. The van der Waals surface area contributed by atoms with Gasteiger partial charge < -0.3 is 10.5 Å². The molecule has 2 N–H and O–H groups in total. The minimum absolute atomic E-state index is 0.00333. The van der Waals surface area contributed by atoms with Crippen molar-refractivity contribution in [3.05, 3.63) is 47.3 Å². The van der Waals surface area contributed by atoms with Crippen molar-refractivity contribution in [1.29, 1.82) is 0 Å². The third kappa shape index (κ3) is 1.78. The second-order valence-electron chi connectivity index (χ2n) is 4.83. The molecule has 94 valence electrons. The van der Waals surface area contributed by atoms with E-state index in [-0.39, 0.29) is 12.1 Å². The van der Waals surface area contributed by atoms with Crippen molar-refractivity contribution in [2.24, 2.45) is 12.8 Å². The molecule has 0 bridgehead atoms. The van der Waals surface area contributed by atoms with Crippen LogP contribution in [-0.4, -0.2) is 9.78 Å². The molecule has 0 radical (unpaired) electrons. The topological polar surface area (TPSA) is 53.1 Å². The first-order chi connectivity index (χ1) is 8.65. The first-order valence-corrected chi connectivity index (χ1v) is 6.16. The molecule has 1 aromatic carbocycles. The van der Waals surface area contributed by atoms with Crippen LogP contribution in [-0.2, 0) is 7.05 Å². The lowest BCUT2D eigenvalue weighted by atomic mass is 9.94. The highest BCUT2D eigenvalue weighted by atomic mass is 16.5. The Labute approximate surface area is 106 Å². The maximum Gasteiger partial charge on any atom is 0.129 e. The number of benzene rings is 1. The van der Waals surface area contributed by atoms with Crippen LogP contribution in [0.4, 0.5) is 0 Å². The van der Waals surface area contributed by atoms with Gasteiger partial charge in [-0.2, -0.15) is 5.10 Å². The molecule has 1 aromatic heterocycles. The van der Waals surface area contributed by atoms with Gasteiger partial charge in [-0.3, -0.25) is 4.68 Å². The van der Waals surface area contributed by atoms with Crippen molar-refractivity contribution < 1.29 is 4.74 Å². The Morgan fingerprint density at radius 3 is 2.83 bits per heavy atom. The second-order valence-corrected chi connectivity index (χ2v) is 4.83. The summed E-state index contributed by atoms with van der Waals surface area (Å²) in [5.41, 5.74) is 9.45. The number of hydrogen-bond donors (Lipinski definition) is 1. The Hall–Kier alpha value is -1.81. The molecule has 1 aliphatic rings. The second kappa shape index (κ2) is 4.14. The fourth-order valence-corrected chi connectivity index (χ4v) is 2.58. The summed E-state index contributed by atoms with van der Waals surface area (Å²) in [6.45, 7) is 2.00. The minimum atomic E-state index is 0.00333. The molecule has 18 heavy (non-hydrogen) atoms. The van der Waals surface area contributed by atoms with E-state index < -0.39 is 0 Å². The molecule has 0 amide bonds. The number of hydrogen-bond acceptors (Lipinski definition) is 3. The zero-order chi connectivity index (χ0) is 12.7. The Bertz CT molecular complexity index is 576. The maximum absolute atomic E-state index is 6.22. The predicted octanol–water partition coefficient (Wildman–Crippen LogP) is 2.25. The number of aromatic nitrogens is 2. The van der Waals surface area contributed by atoms with E-state index in [2.05, 4.69) is 5.10 Å². The van der Waals surface area contributed by atoms with Crippen LogP contribution < -0.4 is 10.5 Å². The number of fused-ring (bicyclic) bond motifs is 1. The molecule has 2 atom stereocenters. The fourth-order valence-electron chi connectivity index (χ4n) is 2.58. The van der Waals surface area contributed by atoms with Gasteiger partial charge >= 0.3 is 0 Å². The summed E-state index contributed by atoms with van der Waals surface area (Å²) in [4.78, 5) is 0. The van der Waals surface area contributed by atoms with Gasteiger partial charge in [0.05, 0.1) is 5.69 Å². The van der Waals surface area contributed by atoms with E-state index in [1.54, 1.807) is 0 Å². The molecular formula is C14H17N3O. The van der Waals surface area contributed by atoms with Gasteiger partial charge in [-0.25, -0.2) is 0 Å². The largest absolute Gasteiger partial charge is 0.485 e. The molecule has 0 aliphatic carbocycles. The lowest BCUT2D eigenvalue weighted by Crippen LogP contribution is -2.24. The van der Waals surface area contributed by atoms with Crippen molar-refractivity contribution >= 4 is 0 Å². The highest BCUT2D eigenvalue weighted by Crippen LogP contribution is 2.39. The van der Waals surface area contributed by atoms with Gasteiger partial charge in [0.15, 0.2) is 0 Å². The number of ether oxygens (including phenoxy) is 1. The molecule has 4 heteroatoms. The summed E-state index contributed by atoms with van der Waals surface area (Å²) in [5.74, 6) is 0.893. The maximum atomic E-state index is 6.22. The van der Waals surface area contributed by atoms with Crippen molar-refractivity contribution in [3.63, 3.8) is 0 Å². The van der Waals surface area contributed by atoms with Crippen LogP contribution in [0.2, 0.25) is 0 Å². The average Bonchev–Trinajstić information content (AvgIpc) is 2.68. The van der Waals surface area contributed by atoms with Gasteiger partial charge in [0.2, 0.25) is 0 Å². The van der Waals surface area contributed by atoms with Crippen molar-refractivity contribution in [3.8, 4) is 5.75 Å². The molecule has 4 nitrogen and oxygen atoms in total. The third-order valence-electron chi connectivity index (χ3n) is 3.45. The van der Waals surface area contributed by atoms with Crippen LogP contribution in [0.25, 0.3) is 0 Å². The average molecular weight is 243 g/mol. The minimum Gasteiger partial charge on any atom is -0.485 e. The summed E-state index contributed by atoms with van der Waals surface area (Å²) >= 11 is 0. The molecule has 2 aromatic rings. The molecule has 1 aliphatic heterocycles. The monoisotopic (exact) mass is 243 g/mol. The van der Waals surface area contributed by atoms with E-state index in [4.69, 9.17) is 10.5 Å². The first-order valence-electron chi connectivity index (χ1n) is 6.16. The first kappa shape index (κ1) is 11.3. The van der Waals surface area contributed by atoms with Crippen LogP contribution >= 0.6 is 0 Å². The molecule has 2 heterocycles. The standard InChI is InChI=1S/C14H17N3O/c1-9-11(8-17(2)16-9)14-7-12(15)10-5-3-4-6-13(10)18-14/h3-6,8,12,14H,7,15H2,1-2H3. The van der Waals surface area contributed by atoms with E-state index >= 15 is 0 Å². The molecule has 0 saturated carbocycles. The van der Waals surface area contributed by atoms with Crippen molar-refractivity contribution in [2.75, 3.05) is 0 Å². The van der Waals surface area contributed by atoms with Gasteiger partial charge in [-0.1, -0.05) is 18.2 Å². The highest BCUT2D eigenvalue weighted by molar-refractivity contribution is 5.39. The van der Waals surface area contributed by atoms with Crippen LogP contribution in [0.3, 0.4) is 0 Å². The normalized spacial score (nSPS) is 22.4. The van der Waals surface area contributed by atoms with Gasteiger partial charge in [0.25, 0.3) is 0 Å². The van der Waals surface area contributed by atoms with Gasteiger partial charge in [-0.05, 0) is 13.0 Å². The van der Waals surface area contributed by atoms with E-state index in [9.17, 15) is 0 Å². The lowest BCUT2D eigenvalue weighted by molar-refractivity contribution is 0.161. The molecule has 0 saturated heterocycles. The highest BCUT2D eigenvalue weighted by Gasteiger charge is 2.28. The number of nitrogens with zero attached hydrogens (tertiary/aromatic N) is 2. The molecule has 2 unspecified atom stereocenters. The Morgan fingerprint density at radius 1 is 1.33 bits per heavy atom. The third-order valence-corrected chi connectivity index (χ3v) is 3.45. The Morgan fingerprint density at radius 2 is 2.11 bits per heavy atom. The Balaban J connectivity index is 1.97. The van der Waals surface area contributed by atoms with E-state index in [0.717, 1.165) is 29.0 Å². The zero-order valence-electron chi connectivity index (χ0n) is 10.6. The molecule has 0 fully saturated rings. The summed E-state index contributed by atoms with van der Waals surface area (Å²) in [5, 5.41) is 4.36. The van der Waals surface area contributed by atoms with Crippen LogP contribution in [0, 0.1) is 6.92 Å². The molecule has 3 rings (SSSR count). The number of aryl methyl sites for hydroxylation is 2. The van der Waals surface area contributed by atoms with Gasteiger partial charge in [0, 0.05) is 36.8 Å². The molecule has 0 spiro atoms. The van der Waals surface area contributed by atoms with Crippen LogP contribution in [0.1, 0.15) is 35.4 Å². The number of rotatable bonds is 1. The smallest absolute Gasteiger partial charge is 0.129 e. The van der Waals surface area contributed by atoms with Gasteiger partial charge in [-0.15, -0.1) is 0 Å². The van der Waals surface area contributed by atoms with Crippen molar-refractivity contribution in [1.82, 2.24) is 9.78 Å². The zero-order valence-corrected chi connectivity index (χ0v) is 10.6. The fraction of sp³-hybridized carbons (Fsp3) is 0.357. The van der Waals surface area contributed by atoms with Crippen LogP contribution in [0.15, 0.2) is 30.5 Å². The van der Waals surface area contributed by atoms with Gasteiger partial charge in [0.1, 0.15) is 11.9 Å². The number of nitrogens with two attached hydrogens (primary N) is 1. The summed E-state index contributed by atoms with van der Waals surface area (Å²) in [7, 11) is 1.92. The molecular weight excluding hydrogens is 226 g/mol. The Kier molecular flexibility index (Phi) is 2.59. The van der Waals surface area contributed by atoms with E-state index in [0.29, 0.717) is 0 Å². The van der Waals surface area contributed by atoms with E-state index in [1.165, 1.54) is 0 Å². The quantitative estimate of drug-likeness (QED) is 0.835. The SMILES string of the molecule is Cc1nn(C)cc1C1CC(N)c2ccccc2O1. The number of para-hydroxylation sites is 1. The predicted molar refractivity (Wildman–Crippen MR) is 69.3 cm³/mol. The van der Waals surface area contributed by atoms with E-state index in [1.807, 2.05) is 49.1 Å². The summed E-state index contributed by atoms with van der Waals surface area (Å²) in [6, 6.07) is 8.01. The van der Waals surface area contributed by atoms with Crippen molar-refractivity contribution in [2.45, 2.75) is 25.5 Å². The lowest BCUT2D eigenvalue weighted by Gasteiger charge is -2.30. The summed E-state index contributed by atoms with van der Waals surface area (Å²) in [6.07, 6.45) is 2.81.